The van der Waals surface area contributed by atoms with Gasteiger partial charge in [0.15, 0.2) is 9.84 Å². The van der Waals surface area contributed by atoms with Crippen LogP contribution in [0.2, 0.25) is 0 Å². The Hall–Kier alpha value is -0.920. The number of amides is 1. The summed E-state index contributed by atoms with van der Waals surface area (Å²) in [5.41, 5.74) is 1.16. The zero-order valence-corrected chi connectivity index (χ0v) is 14.2. The molecule has 1 aromatic heterocycles. The van der Waals surface area contributed by atoms with Gasteiger partial charge in [-0.25, -0.2) is 8.42 Å². The summed E-state index contributed by atoms with van der Waals surface area (Å²) in [6.45, 7) is 1.89. The maximum Gasteiger partial charge on any atom is 0.220 e. The summed E-state index contributed by atoms with van der Waals surface area (Å²) in [6.07, 6.45) is 3.37. The average molecular weight is 342 g/mol. The molecule has 0 radical (unpaired) electrons. The van der Waals surface area contributed by atoms with E-state index >= 15 is 0 Å². The number of thiophene rings is 1. The first-order valence-corrected chi connectivity index (χ1v) is 10.5. The van der Waals surface area contributed by atoms with E-state index in [-0.39, 0.29) is 29.5 Å². The van der Waals surface area contributed by atoms with E-state index in [0.717, 1.165) is 31.5 Å². The molecule has 3 heterocycles. The Morgan fingerprint density at radius 1 is 1.32 bits per heavy atom. The van der Waals surface area contributed by atoms with E-state index in [4.69, 9.17) is 0 Å². The quantitative estimate of drug-likeness (QED) is 0.869. The zero-order chi connectivity index (χ0) is 15.6. The molecule has 2 aliphatic heterocycles. The minimum Gasteiger partial charge on any atom is -0.351 e. The molecule has 2 fully saturated rings. The lowest BCUT2D eigenvalue weighted by atomic mass is 10.1. The first kappa shape index (κ1) is 16.0. The second-order valence-electron chi connectivity index (χ2n) is 6.19. The Kier molecular flexibility index (Phi) is 4.84. The molecule has 0 spiro atoms. The largest absolute Gasteiger partial charge is 0.351 e. The van der Waals surface area contributed by atoms with Gasteiger partial charge in [0.1, 0.15) is 0 Å². The number of sulfone groups is 1. The van der Waals surface area contributed by atoms with Crippen molar-refractivity contribution in [2.24, 2.45) is 0 Å². The summed E-state index contributed by atoms with van der Waals surface area (Å²) in [4.78, 5) is 14.4. The maximum atomic E-state index is 12.1. The van der Waals surface area contributed by atoms with Crippen molar-refractivity contribution in [1.82, 2.24) is 10.2 Å². The number of likely N-dealkylation sites (tertiary alicyclic amines) is 1. The highest BCUT2D eigenvalue weighted by Crippen LogP contribution is 2.22. The number of nitrogens with one attached hydrogen (secondary N) is 1. The Labute approximate surface area is 135 Å². The summed E-state index contributed by atoms with van der Waals surface area (Å²) in [5.74, 6) is 0.221. The number of carbonyl (C=O) groups is 1. The zero-order valence-electron chi connectivity index (χ0n) is 12.5. The first-order valence-electron chi connectivity index (χ1n) is 7.78. The van der Waals surface area contributed by atoms with Crippen molar-refractivity contribution in [3.05, 3.63) is 22.4 Å². The van der Waals surface area contributed by atoms with Gasteiger partial charge in [-0.15, -0.1) is 0 Å². The summed E-state index contributed by atoms with van der Waals surface area (Å²) in [6, 6.07) is 1.72. The van der Waals surface area contributed by atoms with Gasteiger partial charge in [0.05, 0.1) is 17.5 Å². The molecule has 1 amide bonds. The molecule has 5 nitrogen and oxygen atoms in total. The molecule has 0 saturated carbocycles. The van der Waals surface area contributed by atoms with Crippen LogP contribution in [0, 0.1) is 0 Å². The minimum absolute atomic E-state index is 0.0439. The third kappa shape index (κ3) is 3.88. The molecule has 3 rings (SSSR count). The van der Waals surface area contributed by atoms with Gasteiger partial charge in [0, 0.05) is 12.5 Å². The van der Waals surface area contributed by atoms with Gasteiger partial charge < -0.3 is 5.32 Å². The molecule has 0 bridgehead atoms. The van der Waals surface area contributed by atoms with Crippen LogP contribution in [-0.2, 0) is 21.1 Å². The smallest absolute Gasteiger partial charge is 0.220 e. The first-order chi connectivity index (χ1) is 10.5. The molecule has 2 saturated heterocycles. The second-order valence-corrected chi connectivity index (χ2v) is 9.13. The lowest BCUT2D eigenvalue weighted by molar-refractivity contribution is -0.121. The second kappa shape index (κ2) is 6.68. The molecule has 0 aromatic carbocycles. The van der Waals surface area contributed by atoms with Crippen molar-refractivity contribution in [3.8, 4) is 0 Å². The molecular weight excluding hydrogens is 320 g/mol. The van der Waals surface area contributed by atoms with Crippen LogP contribution >= 0.6 is 11.3 Å². The van der Waals surface area contributed by atoms with Gasteiger partial charge in [-0.05, 0) is 54.7 Å². The van der Waals surface area contributed by atoms with Crippen LogP contribution in [0.4, 0.5) is 0 Å². The van der Waals surface area contributed by atoms with Crippen molar-refractivity contribution in [3.63, 3.8) is 0 Å². The fourth-order valence-corrected chi connectivity index (χ4v) is 6.03. The van der Waals surface area contributed by atoms with Gasteiger partial charge in [-0.3, -0.25) is 9.69 Å². The molecular formula is C15H22N2O3S2. The summed E-state index contributed by atoms with van der Waals surface area (Å²) >= 11 is 1.62. The summed E-state index contributed by atoms with van der Waals surface area (Å²) in [7, 11) is -3.04. The van der Waals surface area contributed by atoms with Crippen molar-refractivity contribution in [2.75, 3.05) is 24.6 Å². The molecule has 2 atom stereocenters. The van der Waals surface area contributed by atoms with Crippen LogP contribution < -0.4 is 5.32 Å². The molecule has 2 unspecified atom stereocenters. The normalized spacial score (nSPS) is 28.0. The monoisotopic (exact) mass is 342 g/mol. The lowest BCUT2D eigenvalue weighted by Crippen LogP contribution is -2.50. The number of hydrogen-bond donors (Lipinski definition) is 1. The van der Waals surface area contributed by atoms with Crippen molar-refractivity contribution in [2.45, 2.75) is 37.8 Å². The highest BCUT2D eigenvalue weighted by atomic mass is 32.2. The third-order valence-corrected chi connectivity index (χ3v) is 6.95. The fraction of sp³-hybridized carbons (Fsp3) is 0.667. The van der Waals surface area contributed by atoms with Gasteiger partial charge in [-0.2, -0.15) is 11.3 Å². The van der Waals surface area contributed by atoms with Crippen LogP contribution in [0.5, 0.6) is 0 Å². The Balaban J connectivity index is 1.57. The van der Waals surface area contributed by atoms with Crippen molar-refractivity contribution >= 4 is 27.1 Å². The van der Waals surface area contributed by atoms with Gasteiger partial charge in [-0.1, -0.05) is 0 Å². The topological polar surface area (TPSA) is 66.5 Å². The van der Waals surface area contributed by atoms with Crippen molar-refractivity contribution < 1.29 is 13.2 Å². The summed E-state index contributed by atoms with van der Waals surface area (Å²) in [5, 5.41) is 7.01. The van der Waals surface area contributed by atoms with E-state index in [9.17, 15) is 13.2 Å². The summed E-state index contributed by atoms with van der Waals surface area (Å²) < 4.78 is 23.9. The molecule has 1 N–H and O–H groups in total. The third-order valence-electron chi connectivity index (χ3n) is 4.50. The molecule has 122 valence electrons. The number of rotatable bonds is 5. The average Bonchev–Trinajstić information content (AvgIpc) is 3.17. The van der Waals surface area contributed by atoms with E-state index < -0.39 is 9.84 Å². The maximum absolute atomic E-state index is 12.1. The van der Waals surface area contributed by atoms with Gasteiger partial charge in [0.25, 0.3) is 0 Å². The van der Waals surface area contributed by atoms with E-state index in [1.54, 1.807) is 11.3 Å². The Bertz CT molecular complexity index is 607. The van der Waals surface area contributed by atoms with Crippen LogP contribution in [-0.4, -0.2) is 55.9 Å². The van der Waals surface area contributed by atoms with E-state index in [2.05, 4.69) is 10.2 Å². The molecule has 2 aliphatic rings. The lowest BCUT2D eigenvalue weighted by Gasteiger charge is -2.28. The molecule has 7 heteroatoms. The van der Waals surface area contributed by atoms with Crippen LogP contribution in [0.25, 0.3) is 0 Å². The van der Waals surface area contributed by atoms with Crippen LogP contribution in [0.3, 0.4) is 0 Å². The number of carbonyl (C=O) groups excluding carboxylic acids is 1. The highest BCUT2D eigenvalue weighted by molar-refractivity contribution is 7.91. The number of aryl methyl sites for hydroxylation is 1. The minimum atomic E-state index is -3.04. The predicted octanol–water partition coefficient (Wildman–Crippen LogP) is 1.06. The fourth-order valence-electron chi connectivity index (χ4n) is 3.37. The molecule has 1 aromatic rings. The van der Waals surface area contributed by atoms with E-state index in [1.807, 2.05) is 16.8 Å². The van der Waals surface area contributed by atoms with E-state index in [1.165, 1.54) is 0 Å². The van der Waals surface area contributed by atoms with Crippen LogP contribution in [0.1, 0.15) is 24.8 Å². The van der Waals surface area contributed by atoms with Gasteiger partial charge >= 0.3 is 0 Å². The van der Waals surface area contributed by atoms with E-state index in [0.29, 0.717) is 12.8 Å². The predicted molar refractivity (Wildman–Crippen MR) is 87.8 cm³/mol. The SMILES string of the molecule is O=C(CCc1ccsc1)NC1CS(=O)(=O)CC1N1CCCC1. The highest BCUT2D eigenvalue weighted by Gasteiger charge is 2.42. The standard InChI is InChI=1S/C15H22N2O3S2/c18-15(4-3-12-5-8-21-9-12)16-13-10-22(19,20)11-14(13)17-6-1-2-7-17/h5,8-9,13-14H,1-4,6-7,10-11H2,(H,16,18). The number of hydrogen-bond acceptors (Lipinski definition) is 5. The van der Waals surface area contributed by atoms with Gasteiger partial charge in [0.2, 0.25) is 5.91 Å². The van der Waals surface area contributed by atoms with Crippen LogP contribution in [0.15, 0.2) is 16.8 Å². The Morgan fingerprint density at radius 3 is 2.77 bits per heavy atom. The Morgan fingerprint density at radius 2 is 2.09 bits per heavy atom. The number of nitrogens with zero attached hydrogens (tertiary/aromatic N) is 1. The van der Waals surface area contributed by atoms with Crippen molar-refractivity contribution in [1.29, 1.82) is 0 Å². The molecule has 0 aliphatic carbocycles. The molecule has 22 heavy (non-hydrogen) atoms.